The van der Waals surface area contributed by atoms with Crippen molar-refractivity contribution in [2.75, 3.05) is 10.2 Å². The SMILES string of the molecule is Cc1cccc(N2C(=O)C[C@H](N(Cc3c(C)nn(C)c3C)C(=S)Nc3cc(C)ccc3C)C2=O)c1. The minimum Gasteiger partial charge on any atom is -0.332 e. The molecular formula is C27H31N5O2S. The highest BCUT2D eigenvalue weighted by molar-refractivity contribution is 7.80. The maximum Gasteiger partial charge on any atom is 0.257 e. The monoisotopic (exact) mass is 489 g/mol. The fourth-order valence-electron chi connectivity index (χ4n) is 4.50. The van der Waals surface area contributed by atoms with E-state index >= 15 is 0 Å². The first kappa shape index (κ1) is 24.6. The van der Waals surface area contributed by atoms with E-state index in [2.05, 4.69) is 10.4 Å². The number of hydrogen-bond acceptors (Lipinski definition) is 4. The Balaban J connectivity index is 1.71. The molecule has 1 aliphatic heterocycles. The van der Waals surface area contributed by atoms with Gasteiger partial charge in [-0.2, -0.15) is 5.10 Å². The maximum atomic E-state index is 13.7. The molecule has 0 bridgehead atoms. The summed E-state index contributed by atoms with van der Waals surface area (Å²) in [5, 5.41) is 8.27. The molecule has 1 fully saturated rings. The van der Waals surface area contributed by atoms with Gasteiger partial charge in [0.25, 0.3) is 5.91 Å². The van der Waals surface area contributed by atoms with Gasteiger partial charge < -0.3 is 10.2 Å². The molecule has 8 heteroatoms. The molecule has 2 amide bonds. The van der Waals surface area contributed by atoms with Crippen LogP contribution in [0.4, 0.5) is 11.4 Å². The Morgan fingerprint density at radius 3 is 2.46 bits per heavy atom. The lowest BCUT2D eigenvalue weighted by Gasteiger charge is -2.31. The molecular weight excluding hydrogens is 458 g/mol. The van der Waals surface area contributed by atoms with Crippen LogP contribution in [-0.4, -0.2) is 37.6 Å². The van der Waals surface area contributed by atoms with Crippen molar-refractivity contribution in [3.8, 4) is 0 Å². The summed E-state index contributed by atoms with van der Waals surface area (Å²) in [6, 6.07) is 12.8. The number of rotatable bonds is 5. The number of carbonyl (C=O) groups excluding carboxylic acids is 2. The molecule has 4 rings (SSSR count). The molecule has 182 valence electrons. The molecule has 0 unspecified atom stereocenters. The third-order valence-corrected chi connectivity index (χ3v) is 6.98. The zero-order valence-corrected chi connectivity index (χ0v) is 21.9. The molecule has 1 aromatic heterocycles. The van der Waals surface area contributed by atoms with E-state index in [1.54, 1.807) is 6.07 Å². The van der Waals surface area contributed by atoms with Gasteiger partial charge in [-0.25, -0.2) is 4.90 Å². The van der Waals surface area contributed by atoms with Gasteiger partial charge >= 0.3 is 0 Å². The highest BCUT2D eigenvalue weighted by Gasteiger charge is 2.44. The van der Waals surface area contributed by atoms with E-state index in [4.69, 9.17) is 12.2 Å². The Morgan fingerprint density at radius 1 is 1.09 bits per heavy atom. The number of amides is 2. The van der Waals surface area contributed by atoms with Crippen molar-refractivity contribution >= 4 is 40.5 Å². The third kappa shape index (κ3) is 4.84. The number of imide groups is 1. The maximum absolute atomic E-state index is 13.7. The second kappa shape index (κ2) is 9.62. The Hall–Kier alpha value is -3.52. The van der Waals surface area contributed by atoms with E-state index in [1.807, 2.05) is 87.6 Å². The van der Waals surface area contributed by atoms with Crippen LogP contribution in [0.15, 0.2) is 42.5 Å². The number of hydrogen-bond donors (Lipinski definition) is 1. The average molecular weight is 490 g/mol. The minimum atomic E-state index is -0.716. The number of carbonyl (C=O) groups is 2. The summed E-state index contributed by atoms with van der Waals surface area (Å²) in [4.78, 5) is 29.9. The molecule has 0 spiro atoms. The van der Waals surface area contributed by atoms with Crippen LogP contribution in [0, 0.1) is 34.6 Å². The molecule has 1 N–H and O–H groups in total. The third-order valence-electron chi connectivity index (χ3n) is 6.64. The lowest BCUT2D eigenvalue weighted by atomic mass is 10.1. The van der Waals surface area contributed by atoms with E-state index in [-0.39, 0.29) is 18.2 Å². The van der Waals surface area contributed by atoms with Crippen LogP contribution in [0.1, 0.15) is 40.1 Å². The van der Waals surface area contributed by atoms with E-state index in [0.717, 1.165) is 39.3 Å². The van der Waals surface area contributed by atoms with Crippen molar-refractivity contribution in [2.24, 2.45) is 7.05 Å². The zero-order chi connectivity index (χ0) is 25.4. The largest absolute Gasteiger partial charge is 0.332 e. The second-order valence-corrected chi connectivity index (χ2v) is 9.66. The molecule has 0 radical (unpaired) electrons. The first-order chi connectivity index (χ1) is 16.6. The first-order valence-electron chi connectivity index (χ1n) is 11.6. The van der Waals surface area contributed by atoms with E-state index in [1.165, 1.54) is 4.90 Å². The number of benzene rings is 2. The van der Waals surface area contributed by atoms with E-state index in [0.29, 0.717) is 17.3 Å². The highest BCUT2D eigenvalue weighted by Crippen LogP contribution is 2.29. The Labute approximate surface area is 211 Å². The lowest BCUT2D eigenvalue weighted by molar-refractivity contribution is -0.122. The van der Waals surface area contributed by atoms with Crippen molar-refractivity contribution in [2.45, 2.75) is 53.6 Å². The normalized spacial score (nSPS) is 15.6. The number of nitrogens with one attached hydrogen (secondary N) is 1. The van der Waals surface area contributed by atoms with Gasteiger partial charge in [0.2, 0.25) is 5.91 Å². The lowest BCUT2D eigenvalue weighted by Crippen LogP contribution is -2.47. The zero-order valence-electron chi connectivity index (χ0n) is 21.0. The Morgan fingerprint density at radius 2 is 1.80 bits per heavy atom. The molecule has 1 saturated heterocycles. The van der Waals surface area contributed by atoms with Gasteiger partial charge in [0.05, 0.1) is 17.8 Å². The standard InChI is InChI=1S/C27H31N5O2S/c1-16-8-7-9-21(12-16)32-25(33)14-24(26(32)34)31(15-22-19(4)29-30(6)20(22)5)27(35)28-23-13-17(2)10-11-18(23)3/h7-13,24H,14-15H2,1-6H3,(H,28,35)/t24-/m0/s1. The van der Waals surface area contributed by atoms with Gasteiger partial charge in [0.15, 0.2) is 5.11 Å². The second-order valence-electron chi connectivity index (χ2n) is 9.28. The molecule has 35 heavy (non-hydrogen) atoms. The summed E-state index contributed by atoms with van der Waals surface area (Å²) >= 11 is 5.86. The van der Waals surface area contributed by atoms with Gasteiger partial charge in [0, 0.05) is 30.5 Å². The van der Waals surface area contributed by atoms with Crippen LogP contribution in [0.25, 0.3) is 0 Å². The molecule has 1 atom stereocenters. The van der Waals surface area contributed by atoms with Gasteiger partial charge in [-0.1, -0.05) is 24.3 Å². The summed E-state index contributed by atoms with van der Waals surface area (Å²) in [7, 11) is 1.90. The van der Waals surface area contributed by atoms with Crippen molar-refractivity contribution < 1.29 is 9.59 Å². The Kier molecular flexibility index (Phi) is 6.76. The predicted octanol–water partition coefficient (Wildman–Crippen LogP) is 4.49. The molecule has 2 aromatic carbocycles. The molecule has 0 aliphatic carbocycles. The number of anilines is 2. The highest BCUT2D eigenvalue weighted by atomic mass is 32.1. The summed E-state index contributed by atoms with van der Waals surface area (Å²) < 4.78 is 1.82. The van der Waals surface area contributed by atoms with Crippen molar-refractivity contribution in [1.82, 2.24) is 14.7 Å². The number of thiocarbonyl (C=S) groups is 1. The van der Waals surface area contributed by atoms with E-state index < -0.39 is 6.04 Å². The fraction of sp³-hybridized carbons (Fsp3) is 0.333. The van der Waals surface area contributed by atoms with Crippen LogP contribution in [0.5, 0.6) is 0 Å². The number of nitrogens with zero attached hydrogens (tertiary/aromatic N) is 4. The van der Waals surface area contributed by atoms with Gasteiger partial charge in [-0.3, -0.25) is 14.3 Å². The molecule has 1 aliphatic rings. The van der Waals surface area contributed by atoms with Crippen LogP contribution < -0.4 is 10.2 Å². The average Bonchev–Trinajstić information content (AvgIpc) is 3.22. The topological polar surface area (TPSA) is 70.5 Å². The van der Waals surface area contributed by atoms with Gasteiger partial charge in [-0.05, 0) is 81.7 Å². The molecule has 3 aromatic rings. The predicted molar refractivity (Wildman–Crippen MR) is 142 cm³/mol. The molecule has 0 saturated carbocycles. The number of aromatic nitrogens is 2. The van der Waals surface area contributed by atoms with Crippen LogP contribution >= 0.6 is 12.2 Å². The van der Waals surface area contributed by atoms with Crippen molar-refractivity contribution in [3.63, 3.8) is 0 Å². The fourth-order valence-corrected chi connectivity index (χ4v) is 4.80. The minimum absolute atomic E-state index is 0.0553. The van der Waals surface area contributed by atoms with Crippen LogP contribution in [0.3, 0.4) is 0 Å². The van der Waals surface area contributed by atoms with Crippen molar-refractivity contribution in [3.05, 3.63) is 76.1 Å². The van der Waals surface area contributed by atoms with Gasteiger partial charge in [-0.15, -0.1) is 0 Å². The van der Waals surface area contributed by atoms with Crippen molar-refractivity contribution in [1.29, 1.82) is 0 Å². The summed E-state index contributed by atoms with van der Waals surface area (Å²) in [5.41, 5.74) is 7.46. The molecule has 2 heterocycles. The van der Waals surface area contributed by atoms with Crippen LogP contribution in [-0.2, 0) is 23.2 Å². The first-order valence-corrected chi connectivity index (χ1v) is 12.0. The quantitative estimate of drug-likeness (QED) is 0.421. The summed E-state index contributed by atoms with van der Waals surface area (Å²) in [6.45, 7) is 10.3. The smallest absolute Gasteiger partial charge is 0.257 e. The van der Waals surface area contributed by atoms with Crippen LogP contribution in [0.2, 0.25) is 0 Å². The molecule has 7 nitrogen and oxygen atoms in total. The van der Waals surface area contributed by atoms with Gasteiger partial charge in [0.1, 0.15) is 6.04 Å². The summed E-state index contributed by atoms with van der Waals surface area (Å²) in [5.74, 6) is -0.505. The Bertz CT molecular complexity index is 1330. The number of aryl methyl sites for hydroxylation is 5. The van der Waals surface area contributed by atoms with E-state index in [9.17, 15) is 9.59 Å². The summed E-state index contributed by atoms with van der Waals surface area (Å²) in [6.07, 6.45) is 0.0553.